The molecule has 0 aromatic carbocycles. The van der Waals surface area contributed by atoms with Crippen LogP contribution in [0.1, 0.15) is 29.6 Å². The number of nitrogens with one attached hydrogen (secondary N) is 1. The van der Waals surface area contributed by atoms with Crippen molar-refractivity contribution < 1.29 is 9.53 Å². The molecule has 104 valence electrons. The molecular weight excluding hydrogens is 260 g/mol. The van der Waals surface area contributed by atoms with Crippen molar-refractivity contribution in [2.75, 3.05) is 26.8 Å². The summed E-state index contributed by atoms with van der Waals surface area (Å²) >= 11 is 5.14. The Morgan fingerprint density at radius 2 is 2.26 bits per heavy atom. The normalized spacial score (nSPS) is 16.3. The minimum Gasteiger partial charge on any atom is -0.381 e. The molecule has 0 aliphatic carbocycles. The summed E-state index contributed by atoms with van der Waals surface area (Å²) in [6.45, 7) is 2.48. The van der Waals surface area contributed by atoms with Crippen LogP contribution in [0.4, 0.5) is 0 Å². The predicted molar refractivity (Wildman–Crippen MR) is 76.7 cm³/mol. The highest BCUT2D eigenvalue weighted by Crippen LogP contribution is 2.18. The molecule has 1 N–H and O–H groups in total. The van der Waals surface area contributed by atoms with E-state index in [-0.39, 0.29) is 5.91 Å². The smallest absolute Gasteiger partial charge is 0.256 e. The number of ether oxygens (including phenoxy) is 1. The molecule has 0 unspecified atom stereocenters. The number of rotatable bonds is 4. The van der Waals surface area contributed by atoms with Gasteiger partial charge in [0, 0.05) is 33.0 Å². The monoisotopic (exact) mass is 280 g/mol. The summed E-state index contributed by atoms with van der Waals surface area (Å²) in [5.74, 6) is 0.670. The van der Waals surface area contributed by atoms with E-state index in [2.05, 4.69) is 4.98 Å². The Morgan fingerprint density at radius 1 is 1.53 bits per heavy atom. The number of H-pyrrole nitrogens is 1. The van der Waals surface area contributed by atoms with Gasteiger partial charge in [0.25, 0.3) is 5.91 Å². The van der Waals surface area contributed by atoms with Crippen molar-refractivity contribution in [2.24, 2.45) is 5.92 Å². The molecule has 0 atom stereocenters. The lowest BCUT2D eigenvalue weighted by molar-refractivity contribution is 0.0583. The lowest BCUT2D eigenvalue weighted by Crippen LogP contribution is -2.30. The van der Waals surface area contributed by atoms with Crippen LogP contribution in [0.25, 0.3) is 0 Å². The molecule has 2 heterocycles. The summed E-state index contributed by atoms with van der Waals surface area (Å²) < 4.78 is 5.85. The minimum atomic E-state index is -0.00564. The number of carbonyl (C=O) groups is 1. The minimum absolute atomic E-state index is 0.00564. The molecule has 0 saturated carbocycles. The Kier molecular flexibility index (Phi) is 5.10. The molecule has 1 aromatic heterocycles. The quantitative estimate of drug-likeness (QED) is 0.862. The van der Waals surface area contributed by atoms with Gasteiger partial charge in [-0.3, -0.25) is 4.79 Å². The van der Waals surface area contributed by atoms with Crippen LogP contribution < -0.4 is 0 Å². The third-order valence-electron chi connectivity index (χ3n) is 3.61. The average Bonchev–Trinajstić information content (AvgIpc) is 2.45. The summed E-state index contributed by atoms with van der Waals surface area (Å²) in [5.41, 5.74) is 0.576. The summed E-state index contributed by atoms with van der Waals surface area (Å²) in [6.07, 6.45) is 4.98. The van der Waals surface area contributed by atoms with E-state index in [1.165, 1.54) is 0 Å². The maximum Gasteiger partial charge on any atom is 0.256 e. The van der Waals surface area contributed by atoms with Gasteiger partial charge < -0.3 is 14.6 Å². The Hall–Kier alpha value is -1.20. The number of hydrogen-bond donors (Lipinski definition) is 1. The molecule has 1 aromatic rings. The molecule has 0 bridgehead atoms. The second-order valence-electron chi connectivity index (χ2n) is 4.98. The van der Waals surface area contributed by atoms with Crippen molar-refractivity contribution in [3.05, 3.63) is 28.5 Å². The van der Waals surface area contributed by atoms with Crippen molar-refractivity contribution in [2.45, 2.75) is 19.3 Å². The fourth-order valence-corrected chi connectivity index (χ4v) is 2.53. The number of hydrogen-bond acceptors (Lipinski definition) is 3. The highest BCUT2D eigenvalue weighted by Gasteiger charge is 2.17. The molecule has 1 fully saturated rings. The molecule has 2 rings (SSSR count). The maximum absolute atomic E-state index is 12.3. The largest absolute Gasteiger partial charge is 0.381 e. The van der Waals surface area contributed by atoms with E-state index >= 15 is 0 Å². The number of nitrogens with zero attached hydrogens (tertiary/aromatic N) is 1. The van der Waals surface area contributed by atoms with Crippen LogP contribution >= 0.6 is 12.2 Å². The average molecular weight is 280 g/mol. The van der Waals surface area contributed by atoms with Crippen LogP contribution in [-0.4, -0.2) is 42.6 Å². The van der Waals surface area contributed by atoms with Gasteiger partial charge in [-0.2, -0.15) is 0 Å². The Bertz CT molecular complexity index is 480. The molecule has 19 heavy (non-hydrogen) atoms. The number of amides is 1. The number of carbonyl (C=O) groups excluding carboxylic acids is 1. The van der Waals surface area contributed by atoms with Gasteiger partial charge in [0.05, 0.1) is 5.56 Å². The fourth-order valence-electron chi connectivity index (χ4n) is 2.31. The first-order chi connectivity index (χ1) is 9.18. The molecule has 1 aliphatic rings. The van der Waals surface area contributed by atoms with Crippen molar-refractivity contribution in [3.63, 3.8) is 0 Å². The maximum atomic E-state index is 12.3. The van der Waals surface area contributed by atoms with Gasteiger partial charge in [-0.25, -0.2) is 0 Å². The topological polar surface area (TPSA) is 45.3 Å². The fraction of sp³-hybridized carbons (Fsp3) is 0.571. The van der Waals surface area contributed by atoms with Gasteiger partial charge in [0.1, 0.15) is 4.64 Å². The molecule has 1 saturated heterocycles. The van der Waals surface area contributed by atoms with E-state index in [1.807, 2.05) is 7.05 Å². The first kappa shape index (κ1) is 14.2. The zero-order valence-corrected chi connectivity index (χ0v) is 12.0. The second kappa shape index (κ2) is 6.82. The summed E-state index contributed by atoms with van der Waals surface area (Å²) in [5, 5.41) is 0. The van der Waals surface area contributed by atoms with Crippen LogP contribution in [0, 0.1) is 10.6 Å². The summed E-state index contributed by atoms with van der Waals surface area (Å²) in [6, 6.07) is 3.57. The highest BCUT2D eigenvalue weighted by molar-refractivity contribution is 7.71. The van der Waals surface area contributed by atoms with Crippen LogP contribution in [0.5, 0.6) is 0 Å². The van der Waals surface area contributed by atoms with Gasteiger partial charge >= 0.3 is 0 Å². The van der Waals surface area contributed by atoms with Crippen LogP contribution in [0.2, 0.25) is 0 Å². The third kappa shape index (κ3) is 3.88. The van der Waals surface area contributed by atoms with Crippen molar-refractivity contribution in [1.29, 1.82) is 0 Å². The molecule has 4 nitrogen and oxygen atoms in total. The predicted octanol–water partition coefficient (Wildman–Crippen LogP) is 2.63. The molecule has 0 spiro atoms. The molecule has 5 heteroatoms. The van der Waals surface area contributed by atoms with Crippen LogP contribution in [0.3, 0.4) is 0 Å². The van der Waals surface area contributed by atoms with Crippen molar-refractivity contribution >= 4 is 18.1 Å². The van der Waals surface area contributed by atoms with E-state index in [4.69, 9.17) is 17.0 Å². The Labute approximate surface area is 118 Å². The van der Waals surface area contributed by atoms with Crippen molar-refractivity contribution in [3.8, 4) is 0 Å². The van der Waals surface area contributed by atoms with Gasteiger partial charge in [-0.15, -0.1) is 0 Å². The van der Waals surface area contributed by atoms with Gasteiger partial charge in [0.15, 0.2) is 0 Å². The number of pyridine rings is 1. The van der Waals surface area contributed by atoms with E-state index < -0.39 is 0 Å². The molecule has 1 amide bonds. The molecule has 1 aliphatic heterocycles. The van der Waals surface area contributed by atoms with Gasteiger partial charge in [-0.05, 0) is 37.3 Å². The van der Waals surface area contributed by atoms with Gasteiger partial charge in [0.2, 0.25) is 0 Å². The van der Waals surface area contributed by atoms with Crippen LogP contribution in [-0.2, 0) is 4.74 Å². The van der Waals surface area contributed by atoms with Crippen LogP contribution in [0.15, 0.2) is 18.3 Å². The van der Waals surface area contributed by atoms with E-state index in [0.717, 1.165) is 39.0 Å². The second-order valence-corrected chi connectivity index (χ2v) is 5.39. The van der Waals surface area contributed by atoms with Gasteiger partial charge in [-0.1, -0.05) is 12.2 Å². The Balaban J connectivity index is 1.89. The number of aromatic nitrogens is 1. The molecule has 0 radical (unpaired) electrons. The van der Waals surface area contributed by atoms with Crippen molar-refractivity contribution in [1.82, 2.24) is 9.88 Å². The molecular formula is C14H20N2O2S. The first-order valence-electron chi connectivity index (χ1n) is 6.69. The Morgan fingerprint density at radius 3 is 2.95 bits per heavy atom. The zero-order chi connectivity index (χ0) is 13.7. The van der Waals surface area contributed by atoms with E-state index in [0.29, 0.717) is 16.1 Å². The van der Waals surface area contributed by atoms with E-state index in [1.54, 1.807) is 23.2 Å². The number of aromatic amines is 1. The highest BCUT2D eigenvalue weighted by atomic mass is 32.1. The lowest BCUT2D eigenvalue weighted by atomic mass is 9.96. The first-order valence-corrected chi connectivity index (χ1v) is 7.10. The standard InChI is InChI=1S/C14H20N2O2S/c1-16(8-4-11-5-9-18-10-6-11)14(17)12-3-2-7-15-13(12)19/h2-3,7,11H,4-6,8-10H2,1H3,(H,15,19). The van der Waals surface area contributed by atoms with E-state index in [9.17, 15) is 4.79 Å². The summed E-state index contributed by atoms with van der Waals surface area (Å²) in [4.78, 5) is 16.9. The lowest BCUT2D eigenvalue weighted by Gasteiger charge is -2.24. The summed E-state index contributed by atoms with van der Waals surface area (Å²) in [7, 11) is 1.84. The zero-order valence-electron chi connectivity index (χ0n) is 11.2. The SMILES string of the molecule is CN(CCC1CCOCC1)C(=O)c1ccc[nH]c1=S. The third-order valence-corrected chi connectivity index (χ3v) is 3.95.